The van der Waals surface area contributed by atoms with Crippen LogP contribution >= 0.6 is 0 Å². The smallest absolute Gasteiger partial charge is 0.352 e. The molecule has 20 heavy (non-hydrogen) atoms. The van der Waals surface area contributed by atoms with Gasteiger partial charge in [-0.3, -0.25) is 0 Å². The molecule has 1 saturated carbocycles. The molecule has 0 amide bonds. The van der Waals surface area contributed by atoms with Gasteiger partial charge in [-0.2, -0.15) is 0 Å². The Hall–Kier alpha value is -1.38. The van der Waals surface area contributed by atoms with Crippen molar-refractivity contribution >= 4 is 16.0 Å². The fourth-order valence-corrected chi connectivity index (χ4v) is 3.70. The van der Waals surface area contributed by atoms with Crippen molar-refractivity contribution in [3.8, 4) is 0 Å². The maximum absolute atomic E-state index is 12.3. The first-order chi connectivity index (χ1) is 9.21. The first-order valence-corrected chi connectivity index (χ1v) is 7.70. The van der Waals surface area contributed by atoms with Gasteiger partial charge in [0.1, 0.15) is 10.6 Å². The molecule has 2 rings (SSSR count). The first kappa shape index (κ1) is 15.0. The van der Waals surface area contributed by atoms with Crippen LogP contribution in [0.2, 0.25) is 0 Å². The molecule has 0 atom stereocenters. The first-order valence-electron chi connectivity index (χ1n) is 6.26. The topological polar surface area (TPSA) is 99.8 Å². The molecule has 1 heterocycles. The van der Waals surface area contributed by atoms with Crippen LogP contribution in [0.4, 0.5) is 0 Å². The molecular formula is C12H18N2O5S. The van der Waals surface area contributed by atoms with Gasteiger partial charge in [-0.15, -0.1) is 0 Å². The highest BCUT2D eigenvalue weighted by Gasteiger charge is 2.32. The minimum absolute atomic E-state index is 0.0280. The number of hydrogen-bond acceptors (Lipinski definition) is 4. The van der Waals surface area contributed by atoms with Crippen molar-refractivity contribution in [2.24, 2.45) is 13.0 Å². The van der Waals surface area contributed by atoms with Crippen molar-refractivity contribution in [3.05, 3.63) is 18.0 Å². The molecular weight excluding hydrogens is 284 g/mol. The minimum Gasteiger partial charge on any atom is -0.477 e. The van der Waals surface area contributed by atoms with Gasteiger partial charge in [0.2, 0.25) is 10.0 Å². The van der Waals surface area contributed by atoms with Crippen molar-refractivity contribution in [1.82, 2.24) is 8.87 Å². The molecule has 1 aromatic heterocycles. The Balaban J connectivity index is 2.17. The van der Waals surface area contributed by atoms with Crippen LogP contribution in [0, 0.1) is 5.92 Å². The molecule has 0 aliphatic heterocycles. The van der Waals surface area contributed by atoms with Crippen LogP contribution in [-0.4, -0.2) is 53.2 Å². The molecule has 1 aliphatic rings. The van der Waals surface area contributed by atoms with Gasteiger partial charge in [-0.25, -0.2) is 17.5 Å². The molecule has 1 aliphatic carbocycles. The third kappa shape index (κ3) is 2.72. The Morgan fingerprint density at radius 3 is 2.55 bits per heavy atom. The summed E-state index contributed by atoms with van der Waals surface area (Å²) in [5.74, 6) is -1.01. The average molecular weight is 302 g/mol. The van der Waals surface area contributed by atoms with Crippen molar-refractivity contribution in [2.75, 3.05) is 13.6 Å². The largest absolute Gasteiger partial charge is 0.477 e. The third-order valence-corrected chi connectivity index (χ3v) is 5.42. The second-order valence-corrected chi connectivity index (χ2v) is 7.30. The summed E-state index contributed by atoms with van der Waals surface area (Å²) >= 11 is 0. The number of aromatic nitrogens is 1. The highest BCUT2D eigenvalue weighted by atomic mass is 32.2. The molecule has 0 spiro atoms. The van der Waals surface area contributed by atoms with E-state index in [0.29, 0.717) is 19.4 Å². The standard InChI is InChI=1S/C12H18N2O5S/c1-13-7-10(5-11(13)12(16)17)20(18,19)14(2)6-8-3-9(15)4-8/h5,7-9,15H,3-4,6H2,1-2H3,(H,16,17). The van der Waals surface area contributed by atoms with Gasteiger partial charge in [0.05, 0.1) is 6.10 Å². The van der Waals surface area contributed by atoms with E-state index in [9.17, 15) is 18.3 Å². The van der Waals surface area contributed by atoms with E-state index in [4.69, 9.17) is 5.11 Å². The Bertz CT molecular complexity index is 616. The molecule has 0 radical (unpaired) electrons. The number of aliphatic hydroxyl groups excluding tert-OH is 1. The van der Waals surface area contributed by atoms with Crippen molar-refractivity contribution < 1.29 is 23.4 Å². The lowest BCUT2D eigenvalue weighted by molar-refractivity contribution is 0.0367. The van der Waals surface area contributed by atoms with Crippen molar-refractivity contribution in [1.29, 1.82) is 0 Å². The average Bonchev–Trinajstić information content (AvgIpc) is 2.69. The number of hydrogen-bond donors (Lipinski definition) is 2. The molecule has 2 N–H and O–H groups in total. The Morgan fingerprint density at radius 2 is 2.10 bits per heavy atom. The van der Waals surface area contributed by atoms with E-state index in [2.05, 4.69) is 0 Å². The van der Waals surface area contributed by atoms with Crippen LogP contribution in [0.1, 0.15) is 23.3 Å². The zero-order valence-corrected chi connectivity index (χ0v) is 12.2. The fourth-order valence-electron chi connectivity index (χ4n) is 2.38. The fraction of sp³-hybridized carbons (Fsp3) is 0.583. The number of carbonyl (C=O) groups is 1. The SMILES string of the molecule is CN(CC1CC(O)C1)S(=O)(=O)c1cc(C(=O)O)n(C)c1. The van der Waals surface area contributed by atoms with E-state index in [1.54, 1.807) is 0 Å². The van der Waals surface area contributed by atoms with E-state index < -0.39 is 16.0 Å². The van der Waals surface area contributed by atoms with Gasteiger partial charge < -0.3 is 14.8 Å². The summed E-state index contributed by atoms with van der Waals surface area (Å²) in [6.07, 6.45) is 2.18. The van der Waals surface area contributed by atoms with E-state index in [0.717, 1.165) is 6.07 Å². The van der Waals surface area contributed by atoms with Crippen molar-refractivity contribution in [3.63, 3.8) is 0 Å². The van der Waals surface area contributed by atoms with E-state index in [1.165, 1.54) is 29.2 Å². The van der Waals surface area contributed by atoms with Crippen LogP contribution in [-0.2, 0) is 17.1 Å². The van der Waals surface area contributed by atoms with Crippen LogP contribution in [0.15, 0.2) is 17.2 Å². The second kappa shape index (κ2) is 5.19. The molecule has 112 valence electrons. The molecule has 8 heteroatoms. The summed E-state index contributed by atoms with van der Waals surface area (Å²) in [7, 11) is -0.739. The lowest BCUT2D eigenvalue weighted by Gasteiger charge is -2.33. The summed E-state index contributed by atoms with van der Waals surface area (Å²) in [5.41, 5.74) is -0.0731. The van der Waals surface area contributed by atoms with E-state index in [-0.39, 0.29) is 22.6 Å². The number of aryl methyl sites for hydroxylation is 1. The third-order valence-electron chi connectivity index (χ3n) is 3.63. The van der Waals surface area contributed by atoms with E-state index in [1.807, 2.05) is 0 Å². The monoisotopic (exact) mass is 302 g/mol. The Kier molecular flexibility index (Phi) is 3.90. The van der Waals surface area contributed by atoms with Crippen LogP contribution in [0.5, 0.6) is 0 Å². The number of carboxylic acids is 1. The maximum atomic E-state index is 12.3. The second-order valence-electron chi connectivity index (χ2n) is 5.25. The predicted molar refractivity (Wildman–Crippen MR) is 70.9 cm³/mol. The predicted octanol–water partition coefficient (Wildman–Crippen LogP) is 0.115. The molecule has 1 aromatic rings. The number of aliphatic hydroxyl groups is 1. The van der Waals surface area contributed by atoms with Crippen LogP contribution < -0.4 is 0 Å². The van der Waals surface area contributed by atoms with E-state index >= 15 is 0 Å². The van der Waals surface area contributed by atoms with Gasteiger partial charge in [0.15, 0.2) is 0 Å². The zero-order chi connectivity index (χ0) is 15.1. The highest BCUT2D eigenvalue weighted by Crippen LogP contribution is 2.29. The number of rotatable bonds is 5. The lowest BCUT2D eigenvalue weighted by atomic mass is 9.82. The van der Waals surface area contributed by atoms with Gasteiger partial charge >= 0.3 is 5.97 Å². The summed E-state index contributed by atoms with van der Waals surface area (Å²) in [6, 6.07) is 1.16. The zero-order valence-electron chi connectivity index (χ0n) is 11.4. The van der Waals surface area contributed by atoms with Gasteiger partial charge in [-0.1, -0.05) is 0 Å². The molecule has 0 aromatic carbocycles. The number of carboxylic acid groups (broad SMARTS) is 1. The summed E-state index contributed by atoms with van der Waals surface area (Å²) < 4.78 is 27.2. The number of aromatic carboxylic acids is 1. The molecule has 0 bridgehead atoms. The van der Waals surface area contributed by atoms with Gasteiger partial charge in [0.25, 0.3) is 0 Å². The summed E-state index contributed by atoms with van der Waals surface area (Å²) in [4.78, 5) is 10.9. The van der Waals surface area contributed by atoms with Gasteiger partial charge in [0, 0.05) is 26.8 Å². The van der Waals surface area contributed by atoms with Crippen LogP contribution in [0.25, 0.3) is 0 Å². The Labute approximate surface area is 117 Å². The molecule has 7 nitrogen and oxygen atoms in total. The molecule has 1 fully saturated rings. The van der Waals surface area contributed by atoms with Crippen LogP contribution in [0.3, 0.4) is 0 Å². The number of sulfonamides is 1. The Morgan fingerprint density at radius 1 is 1.50 bits per heavy atom. The molecule has 0 unspecified atom stereocenters. The minimum atomic E-state index is -3.70. The summed E-state index contributed by atoms with van der Waals surface area (Å²) in [5, 5.41) is 18.2. The highest BCUT2D eigenvalue weighted by molar-refractivity contribution is 7.89. The quantitative estimate of drug-likeness (QED) is 0.804. The summed E-state index contributed by atoms with van der Waals surface area (Å²) in [6.45, 7) is 0.330. The number of nitrogens with zero attached hydrogens (tertiary/aromatic N) is 2. The van der Waals surface area contributed by atoms with Crippen molar-refractivity contribution in [2.45, 2.75) is 23.8 Å². The normalized spacial score (nSPS) is 22.8. The maximum Gasteiger partial charge on any atom is 0.352 e. The lowest BCUT2D eigenvalue weighted by Crippen LogP contribution is -2.39. The van der Waals surface area contributed by atoms with Gasteiger partial charge in [-0.05, 0) is 24.8 Å². The molecule has 0 saturated heterocycles.